The summed E-state index contributed by atoms with van der Waals surface area (Å²) in [4.78, 5) is 4.52. The standard InChI is InChI=1S/C13H16N4/c1-8(2)12-15-13(17-16-12)10-3-4-11-9(7-10)5-6-14-11/h3-4,7-8,14H,5-6H2,1-2H3,(H,15,16,17). The van der Waals surface area contributed by atoms with Crippen LogP contribution in [-0.4, -0.2) is 21.7 Å². The molecule has 4 nitrogen and oxygen atoms in total. The normalized spacial score (nSPS) is 13.8. The molecule has 0 aliphatic carbocycles. The SMILES string of the molecule is CC(C)c1nc(-c2ccc3c(c2)CCN3)n[nH]1. The first kappa shape index (κ1) is 10.3. The maximum Gasteiger partial charge on any atom is 0.181 e. The number of H-pyrrole nitrogens is 1. The molecule has 0 amide bonds. The third-order valence-electron chi connectivity index (χ3n) is 3.12. The minimum atomic E-state index is 0.382. The molecule has 2 heterocycles. The Kier molecular flexibility index (Phi) is 2.35. The van der Waals surface area contributed by atoms with E-state index in [2.05, 4.69) is 52.5 Å². The van der Waals surface area contributed by atoms with Crippen molar-refractivity contribution in [1.82, 2.24) is 15.2 Å². The monoisotopic (exact) mass is 228 g/mol. The highest BCUT2D eigenvalue weighted by atomic mass is 15.2. The summed E-state index contributed by atoms with van der Waals surface area (Å²) < 4.78 is 0. The molecule has 0 spiro atoms. The fourth-order valence-corrected chi connectivity index (χ4v) is 2.11. The van der Waals surface area contributed by atoms with Crippen molar-refractivity contribution < 1.29 is 0 Å². The van der Waals surface area contributed by atoms with Crippen LogP contribution in [0.3, 0.4) is 0 Å². The molecule has 17 heavy (non-hydrogen) atoms. The molecule has 2 N–H and O–H groups in total. The maximum absolute atomic E-state index is 4.52. The lowest BCUT2D eigenvalue weighted by molar-refractivity contribution is 0.781. The van der Waals surface area contributed by atoms with Crippen LogP contribution in [0.25, 0.3) is 11.4 Å². The van der Waals surface area contributed by atoms with Gasteiger partial charge in [-0.05, 0) is 30.2 Å². The molecule has 1 aromatic carbocycles. The van der Waals surface area contributed by atoms with Gasteiger partial charge >= 0.3 is 0 Å². The predicted octanol–water partition coefficient (Wildman–Crippen LogP) is 2.56. The number of rotatable bonds is 2. The van der Waals surface area contributed by atoms with Crippen molar-refractivity contribution >= 4 is 5.69 Å². The molecular weight excluding hydrogens is 212 g/mol. The van der Waals surface area contributed by atoms with E-state index in [-0.39, 0.29) is 0 Å². The second-order valence-corrected chi connectivity index (χ2v) is 4.75. The van der Waals surface area contributed by atoms with Gasteiger partial charge in [0.05, 0.1) is 0 Å². The molecule has 0 saturated heterocycles. The highest BCUT2D eigenvalue weighted by Gasteiger charge is 2.13. The van der Waals surface area contributed by atoms with E-state index in [0.717, 1.165) is 30.2 Å². The second-order valence-electron chi connectivity index (χ2n) is 4.75. The van der Waals surface area contributed by atoms with Gasteiger partial charge in [0.15, 0.2) is 5.82 Å². The van der Waals surface area contributed by atoms with Crippen molar-refractivity contribution in [3.63, 3.8) is 0 Å². The minimum absolute atomic E-state index is 0.382. The zero-order valence-corrected chi connectivity index (χ0v) is 10.1. The summed E-state index contributed by atoms with van der Waals surface area (Å²) in [5, 5.41) is 10.6. The van der Waals surface area contributed by atoms with Crippen LogP contribution in [-0.2, 0) is 6.42 Å². The number of fused-ring (bicyclic) bond motifs is 1. The minimum Gasteiger partial charge on any atom is -0.384 e. The van der Waals surface area contributed by atoms with Gasteiger partial charge in [-0.2, -0.15) is 5.10 Å². The third-order valence-corrected chi connectivity index (χ3v) is 3.12. The van der Waals surface area contributed by atoms with E-state index in [1.165, 1.54) is 11.3 Å². The molecule has 1 aromatic heterocycles. The van der Waals surface area contributed by atoms with Crippen LogP contribution in [0, 0.1) is 0 Å². The van der Waals surface area contributed by atoms with Crippen LogP contribution in [0.4, 0.5) is 5.69 Å². The molecule has 3 rings (SSSR count). The van der Waals surface area contributed by atoms with Gasteiger partial charge in [0.2, 0.25) is 0 Å². The van der Waals surface area contributed by atoms with E-state index in [1.54, 1.807) is 0 Å². The van der Waals surface area contributed by atoms with Gasteiger partial charge in [-0.15, -0.1) is 0 Å². The average molecular weight is 228 g/mol. The topological polar surface area (TPSA) is 53.6 Å². The Balaban J connectivity index is 1.97. The highest BCUT2D eigenvalue weighted by Crippen LogP contribution is 2.27. The molecule has 88 valence electrons. The smallest absolute Gasteiger partial charge is 0.181 e. The second kappa shape index (κ2) is 3.87. The van der Waals surface area contributed by atoms with Gasteiger partial charge < -0.3 is 5.32 Å². The summed E-state index contributed by atoms with van der Waals surface area (Å²) in [6, 6.07) is 6.37. The van der Waals surface area contributed by atoms with Gasteiger partial charge in [-0.3, -0.25) is 5.10 Å². The molecule has 1 aliphatic rings. The van der Waals surface area contributed by atoms with E-state index >= 15 is 0 Å². The van der Waals surface area contributed by atoms with Crippen molar-refractivity contribution in [2.24, 2.45) is 0 Å². The fourth-order valence-electron chi connectivity index (χ4n) is 2.11. The Morgan fingerprint density at radius 2 is 2.18 bits per heavy atom. The zero-order valence-electron chi connectivity index (χ0n) is 10.1. The maximum atomic E-state index is 4.52. The van der Waals surface area contributed by atoms with Crippen LogP contribution in [0.5, 0.6) is 0 Å². The van der Waals surface area contributed by atoms with Crippen molar-refractivity contribution in [2.45, 2.75) is 26.2 Å². The van der Waals surface area contributed by atoms with Crippen LogP contribution >= 0.6 is 0 Å². The lowest BCUT2D eigenvalue weighted by atomic mass is 10.1. The highest BCUT2D eigenvalue weighted by molar-refractivity contribution is 5.65. The number of hydrogen-bond acceptors (Lipinski definition) is 3. The summed E-state index contributed by atoms with van der Waals surface area (Å²) in [6.07, 6.45) is 1.09. The summed E-state index contributed by atoms with van der Waals surface area (Å²) in [6.45, 7) is 5.25. The summed E-state index contributed by atoms with van der Waals surface area (Å²) in [7, 11) is 0. The van der Waals surface area contributed by atoms with Gasteiger partial charge in [0.1, 0.15) is 5.82 Å². The Hall–Kier alpha value is -1.84. The Labute approximate surface area is 100 Å². The van der Waals surface area contributed by atoms with Crippen LogP contribution in [0.2, 0.25) is 0 Å². The number of aromatic amines is 1. The lowest BCUT2D eigenvalue weighted by Crippen LogP contribution is -1.90. The predicted molar refractivity (Wildman–Crippen MR) is 68.1 cm³/mol. The van der Waals surface area contributed by atoms with Crippen molar-refractivity contribution in [3.05, 3.63) is 29.6 Å². The van der Waals surface area contributed by atoms with Crippen LogP contribution in [0.1, 0.15) is 31.2 Å². The van der Waals surface area contributed by atoms with Crippen molar-refractivity contribution in [1.29, 1.82) is 0 Å². The summed E-state index contributed by atoms with van der Waals surface area (Å²) in [5.41, 5.74) is 3.70. The number of anilines is 1. The first-order valence-corrected chi connectivity index (χ1v) is 6.03. The molecule has 0 saturated carbocycles. The van der Waals surface area contributed by atoms with Crippen molar-refractivity contribution in [2.75, 3.05) is 11.9 Å². The summed E-state index contributed by atoms with van der Waals surface area (Å²) >= 11 is 0. The lowest BCUT2D eigenvalue weighted by Gasteiger charge is -2.01. The molecule has 2 aromatic rings. The Bertz CT molecular complexity index is 542. The van der Waals surface area contributed by atoms with Crippen LogP contribution < -0.4 is 5.32 Å². The van der Waals surface area contributed by atoms with Gasteiger partial charge in [0, 0.05) is 23.7 Å². The van der Waals surface area contributed by atoms with Crippen LogP contribution in [0.15, 0.2) is 18.2 Å². The Morgan fingerprint density at radius 3 is 2.94 bits per heavy atom. The van der Waals surface area contributed by atoms with E-state index in [4.69, 9.17) is 0 Å². The molecule has 0 bridgehead atoms. The molecule has 0 fully saturated rings. The van der Waals surface area contributed by atoms with E-state index in [0.29, 0.717) is 5.92 Å². The number of benzene rings is 1. The molecule has 4 heteroatoms. The number of hydrogen-bond donors (Lipinski definition) is 2. The first-order chi connectivity index (χ1) is 8.24. The number of nitrogens with zero attached hydrogens (tertiary/aromatic N) is 2. The van der Waals surface area contributed by atoms with E-state index in [9.17, 15) is 0 Å². The summed E-state index contributed by atoms with van der Waals surface area (Å²) in [5.74, 6) is 2.12. The quantitative estimate of drug-likeness (QED) is 0.830. The zero-order chi connectivity index (χ0) is 11.8. The van der Waals surface area contributed by atoms with E-state index in [1.807, 2.05) is 0 Å². The largest absolute Gasteiger partial charge is 0.384 e. The van der Waals surface area contributed by atoms with Gasteiger partial charge in [0.25, 0.3) is 0 Å². The molecule has 0 radical (unpaired) electrons. The molecule has 0 unspecified atom stereocenters. The van der Waals surface area contributed by atoms with Crippen molar-refractivity contribution in [3.8, 4) is 11.4 Å². The first-order valence-electron chi connectivity index (χ1n) is 6.03. The van der Waals surface area contributed by atoms with E-state index < -0.39 is 0 Å². The molecule has 0 atom stereocenters. The van der Waals surface area contributed by atoms with Gasteiger partial charge in [-0.25, -0.2) is 4.98 Å². The van der Waals surface area contributed by atoms with Gasteiger partial charge in [-0.1, -0.05) is 13.8 Å². The average Bonchev–Trinajstić information content (AvgIpc) is 2.97. The fraction of sp³-hybridized carbons (Fsp3) is 0.385. The molecule has 1 aliphatic heterocycles. The third kappa shape index (κ3) is 1.79. The number of aromatic nitrogens is 3. The molecular formula is C13H16N4. The Morgan fingerprint density at radius 1 is 1.29 bits per heavy atom. The number of nitrogens with one attached hydrogen (secondary N) is 2.